The van der Waals surface area contributed by atoms with Gasteiger partial charge in [-0.2, -0.15) is 0 Å². The minimum Gasteiger partial charge on any atom is -0.319 e. The Labute approximate surface area is 179 Å². The van der Waals surface area contributed by atoms with Crippen LogP contribution in [0.1, 0.15) is 27.0 Å². The van der Waals surface area contributed by atoms with Crippen molar-refractivity contribution in [2.24, 2.45) is 0 Å². The number of rotatable bonds is 5. The zero-order valence-electron chi connectivity index (χ0n) is 16.6. The van der Waals surface area contributed by atoms with Crippen LogP contribution in [0.5, 0.6) is 0 Å². The lowest BCUT2D eigenvalue weighted by Gasteiger charge is -2.15. The highest BCUT2D eigenvalue weighted by Gasteiger charge is 2.20. The van der Waals surface area contributed by atoms with Crippen LogP contribution in [0.4, 0.5) is 15.8 Å². The van der Waals surface area contributed by atoms with Gasteiger partial charge in [0.1, 0.15) is 5.82 Å². The van der Waals surface area contributed by atoms with Gasteiger partial charge in [0.15, 0.2) is 0 Å². The minimum absolute atomic E-state index is 0.151. The zero-order chi connectivity index (χ0) is 22.1. The first-order valence-corrected chi connectivity index (χ1v) is 10.9. The first kappa shape index (κ1) is 21.8. The maximum absolute atomic E-state index is 14.6. The number of amides is 1. The van der Waals surface area contributed by atoms with E-state index in [4.69, 9.17) is 11.6 Å². The molecule has 0 aliphatic carbocycles. The van der Waals surface area contributed by atoms with Gasteiger partial charge in [0, 0.05) is 0 Å². The molecule has 8 heteroatoms. The number of carbonyl (C=O) groups is 1. The molecule has 0 aliphatic heterocycles. The number of carbonyl (C=O) groups excluding carboxylic acids is 1. The van der Waals surface area contributed by atoms with Crippen LogP contribution in [0.3, 0.4) is 0 Å². The van der Waals surface area contributed by atoms with Gasteiger partial charge in [-0.25, -0.2) is 12.8 Å². The summed E-state index contributed by atoms with van der Waals surface area (Å²) >= 11 is 5.98. The van der Waals surface area contributed by atoms with Crippen molar-refractivity contribution in [3.05, 3.63) is 87.7 Å². The average molecular weight is 447 g/mol. The molecule has 0 atom stereocenters. The number of nitrogens with one attached hydrogen (secondary N) is 2. The largest absolute Gasteiger partial charge is 0.319 e. The first-order chi connectivity index (χ1) is 14.1. The van der Waals surface area contributed by atoms with E-state index < -0.39 is 21.7 Å². The molecule has 0 unspecified atom stereocenters. The molecule has 2 N–H and O–H groups in total. The first-order valence-electron chi connectivity index (χ1n) is 9.04. The van der Waals surface area contributed by atoms with Gasteiger partial charge in [-0.05, 0) is 62.2 Å². The lowest BCUT2D eigenvalue weighted by molar-refractivity contribution is 0.102. The Morgan fingerprint density at radius 3 is 2.20 bits per heavy atom. The van der Waals surface area contributed by atoms with E-state index in [2.05, 4.69) is 10.0 Å². The van der Waals surface area contributed by atoms with Crippen LogP contribution in [-0.4, -0.2) is 14.3 Å². The molecule has 0 fully saturated rings. The lowest BCUT2D eigenvalue weighted by Crippen LogP contribution is -2.16. The molecule has 156 valence electrons. The molecule has 0 aliphatic rings. The van der Waals surface area contributed by atoms with Crippen molar-refractivity contribution in [2.75, 3.05) is 10.0 Å². The summed E-state index contributed by atoms with van der Waals surface area (Å²) in [5.41, 5.74) is 3.03. The van der Waals surface area contributed by atoms with Gasteiger partial charge < -0.3 is 5.32 Å². The van der Waals surface area contributed by atoms with Gasteiger partial charge in [-0.15, -0.1) is 0 Å². The van der Waals surface area contributed by atoms with Gasteiger partial charge >= 0.3 is 0 Å². The third-order valence-corrected chi connectivity index (χ3v) is 6.21. The second-order valence-corrected chi connectivity index (χ2v) is 9.04. The molecule has 0 saturated heterocycles. The number of anilines is 2. The van der Waals surface area contributed by atoms with Crippen LogP contribution in [0.2, 0.25) is 5.02 Å². The van der Waals surface area contributed by atoms with E-state index in [1.807, 2.05) is 19.1 Å². The fourth-order valence-corrected chi connectivity index (χ4v) is 4.57. The topological polar surface area (TPSA) is 75.3 Å². The van der Waals surface area contributed by atoms with Crippen LogP contribution in [0.25, 0.3) is 0 Å². The van der Waals surface area contributed by atoms with E-state index in [1.54, 1.807) is 32.0 Å². The molecule has 0 saturated carbocycles. The second-order valence-electron chi connectivity index (χ2n) is 6.95. The molecule has 0 bridgehead atoms. The van der Waals surface area contributed by atoms with Crippen LogP contribution < -0.4 is 10.0 Å². The summed E-state index contributed by atoms with van der Waals surface area (Å²) in [7, 11) is -4.02. The van der Waals surface area contributed by atoms with E-state index in [0.717, 1.165) is 22.8 Å². The van der Waals surface area contributed by atoms with Crippen molar-refractivity contribution in [3.8, 4) is 0 Å². The summed E-state index contributed by atoms with van der Waals surface area (Å²) in [6, 6.07) is 13.4. The molecule has 5 nitrogen and oxygen atoms in total. The fraction of sp³-hybridized carbons (Fsp3) is 0.136. The van der Waals surface area contributed by atoms with Gasteiger partial charge in [-0.1, -0.05) is 41.4 Å². The number of halogens is 2. The van der Waals surface area contributed by atoms with E-state index in [0.29, 0.717) is 5.69 Å². The highest BCUT2D eigenvalue weighted by molar-refractivity contribution is 7.92. The van der Waals surface area contributed by atoms with Crippen LogP contribution in [0, 0.1) is 26.6 Å². The SMILES string of the molecule is Cc1cc(C)c(NS(=O)(=O)c2ccc(NC(=O)c3ccccc3Cl)c(F)c2)c(C)c1. The molecular formula is C22H20ClFN2O3S. The highest BCUT2D eigenvalue weighted by atomic mass is 35.5. The lowest BCUT2D eigenvalue weighted by atomic mass is 10.1. The predicted octanol–water partition coefficient (Wildman–Crippen LogP) is 5.46. The normalized spacial score (nSPS) is 11.2. The molecule has 0 heterocycles. The van der Waals surface area contributed by atoms with Gasteiger partial charge in [0.25, 0.3) is 15.9 Å². The van der Waals surface area contributed by atoms with Gasteiger partial charge in [0.05, 0.1) is 26.9 Å². The molecule has 30 heavy (non-hydrogen) atoms. The fourth-order valence-electron chi connectivity index (χ4n) is 3.13. The zero-order valence-corrected chi connectivity index (χ0v) is 18.2. The van der Waals surface area contributed by atoms with Crippen molar-refractivity contribution in [3.63, 3.8) is 0 Å². The van der Waals surface area contributed by atoms with Crippen molar-refractivity contribution in [1.29, 1.82) is 0 Å². The third-order valence-electron chi connectivity index (χ3n) is 4.53. The molecule has 3 rings (SSSR count). The number of benzene rings is 3. The molecule has 0 spiro atoms. The molecule has 1 amide bonds. The summed E-state index contributed by atoms with van der Waals surface area (Å²) in [4.78, 5) is 12.1. The Hall–Kier alpha value is -2.90. The summed E-state index contributed by atoms with van der Waals surface area (Å²) in [6.07, 6.45) is 0. The Kier molecular flexibility index (Phi) is 6.14. The number of hydrogen-bond acceptors (Lipinski definition) is 3. The summed E-state index contributed by atoms with van der Waals surface area (Å²) < 4.78 is 42.6. The second kappa shape index (κ2) is 8.45. The van der Waals surface area contributed by atoms with E-state index in [9.17, 15) is 17.6 Å². The third kappa shape index (κ3) is 4.63. The molecular weight excluding hydrogens is 427 g/mol. The summed E-state index contributed by atoms with van der Waals surface area (Å²) in [5, 5.41) is 2.63. The minimum atomic E-state index is -4.02. The van der Waals surface area contributed by atoms with Gasteiger partial charge in [0.2, 0.25) is 0 Å². The summed E-state index contributed by atoms with van der Waals surface area (Å²) in [5.74, 6) is -1.48. The Morgan fingerprint density at radius 2 is 1.60 bits per heavy atom. The summed E-state index contributed by atoms with van der Waals surface area (Å²) in [6.45, 7) is 5.51. The maximum Gasteiger partial charge on any atom is 0.262 e. The number of aryl methyl sites for hydroxylation is 3. The Balaban J connectivity index is 1.86. The van der Waals surface area contributed by atoms with Gasteiger partial charge in [-0.3, -0.25) is 9.52 Å². The van der Waals surface area contributed by atoms with E-state index in [-0.39, 0.29) is 21.2 Å². The predicted molar refractivity (Wildman–Crippen MR) is 117 cm³/mol. The van der Waals surface area contributed by atoms with Crippen molar-refractivity contribution in [2.45, 2.75) is 25.7 Å². The Morgan fingerprint density at radius 1 is 0.967 bits per heavy atom. The van der Waals surface area contributed by atoms with Crippen LogP contribution >= 0.6 is 11.6 Å². The molecule has 0 aromatic heterocycles. The quantitative estimate of drug-likeness (QED) is 0.546. The molecule has 3 aromatic rings. The molecule has 0 radical (unpaired) electrons. The van der Waals surface area contributed by atoms with Crippen LogP contribution in [0.15, 0.2) is 59.5 Å². The maximum atomic E-state index is 14.6. The smallest absolute Gasteiger partial charge is 0.262 e. The van der Waals surface area contributed by atoms with Crippen LogP contribution in [-0.2, 0) is 10.0 Å². The standard InChI is InChI=1S/C22H20ClFN2O3S/c1-13-10-14(2)21(15(3)11-13)26-30(28,29)16-8-9-20(19(24)12-16)25-22(27)17-6-4-5-7-18(17)23/h4-12,26H,1-3H3,(H,25,27). The van der Waals surface area contributed by atoms with Crippen molar-refractivity contribution < 1.29 is 17.6 Å². The average Bonchev–Trinajstić information content (AvgIpc) is 2.66. The monoisotopic (exact) mass is 446 g/mol. The number of hydrogen-bond donors (Lipinski definition) is 2. The van der Waals surface area contributed by atoms with Crippen molar-refractivity contribution >= 4 is 38.9 Å². The van der Waals surface area contributed by atoms with E-state index >= 15 is 0 Å². The molecule has 3 aromatic carbocycles. The van der Waals surface area contributed by atoms with Crippen molar-refractivity contribution in [1.82, 2.24) is 0 Å². The Bertz CT molecular complexity index is 1220. The highest BCUT2D eigenvalue weighted by Crippen LogP contribution is 2.27. The van der Waals surface area contributed by atoms with E-state index in [1.165, 1.54) is 18.2 Å². The number of sulfonamides is 1.